The molecule has 0 radical (unpaired) electrons. The van der Waals surface area contributed by atoms with E-state index in [1.54, 1.807) is 0 Å². The average Bonchev–Trinajstić information content (AvgIpc) is 3.43. The maximum Gasteiger partial charge on any atom is 0.160 e. The molecule has 6 aromatic carbocycles. The van der Waals surface area contributed by atoms with Gasteiger partial charge in [0.2, 0.25) is 0 Å². The normalized spacial score (nSPS) is 11.4. The topological polar surface area (TPSA) is 38.9 Å². The van der Waals surface area contributed by atoms with Crippen LogP contribution >= 0.6 is 0 Å². The first-order chi connectivity index (χ1) is 20.3. The van der Waals surface area contributed by atoms with E-state index in [1.165, 1.54) is 5.39 Å². The quantitative estimate of drug-likeness (QED) is 0.230. The lowest BCUT2D eigenvalue weighted by Gasteiger charge is -2.12. The molecule has 0 fully saturated rings. The lowest BCUT2D eigenvalue weighted by atomic mass is 9.96. The molecule has 0 aliphatic rings. The second-order valence-electron chi connectivity index (χ2n) is 10.3. The number of hydrogen-bond acceptors (Lipinski definition) is 3. The van der Waals surface area contributed by atoms with Gasteiger partial charge in [-0.15, -0.1) is 0 Å². The second-order valence-corrected chi connectivity index (χ2v) is 10.3. The molecule has 0 aliphatic heterocycles. The van der Waals surface area contributed by atoms with Gasteiger partial charge >= 0.3 is 0 Å². The Morgan fingerprint density at radius 3 is 1.93 bits per heavy atom. The Balaban J connectivity index is 1.43. The first-order valence-corrected chi connectivity index (χ1v) is 13.7. The van der Waals surface area contributed by atoms with Gasteiger partial charge in [0.1, 0.15) is 11.2 Å². The predicted octanol–water partition coefficient (Wildman–Crippen LogP) is 10.2. The van der Waals surface area contributed by atoms with Crippen molar-refractivity contribution in [3.63, 3.8) is 0 Å². The zero-order chi connectivity index (χ0) is 27.2. The summed E-state index contributed by atoms with van der Waals surface area (Å²) >= 11 is 0. The zero-order valence-electron chi connectivity index (χ0n) is 22.2. The maximum absolute atomic E-state index is 6.41. The van der Waals surface area contributed by atoms with E-state index in [1.807, 2.05) is 36.4 Å². The third kappa shape index (κ3) is 4.16. The summed E-state index contributed by atoms with van der Waals surface area (Å²) in [5.41, 5.74) is 8.70. The summed E-state index contributed by atoms with van der Waals surface area (Å²) in [5, 5.41) is 4.49. The molecule has 0 saturated heterocycles. The standard InChI is InChI=1S/C38H24N2O/c1-3-11-25(12-4-1)30-22-32(37-31-17-9-10-18-35(31)41-36(37)23-30)34-24-33(27-14-5-2-6-15-27)39-38(40-34)29-20-19-26-13-7-8-16-28(26)21-29/h1-24H. The fourth-order valence-corrected chi connectivity index (χ4v) is 5.65. The number of rotatable bonds is 4. The Kier molecular flexibility index (Phi) is 5.46. The molecular weight excluding hydrogens is 500 g/mol. The number of fused-ring (bicyclic) bond motifs is 4. The highest BCUT2D eigenvalue weighted by Gasteiger charge is 2.18. The van der Waals surface area contributed by atoms with Crippen LogP contribution in [0.5, 0.6) is 0 Å². The van der Waals surface area contributed by atoms with E-state index < -0.39 is 0 Å². The minimum absolute atomic E-state index is 0.693. The largest absolute Gasteiger partial charge is 0.456 e. The van der Waals surface area contributed by atoms with Crippen molar-refractivity contribution in [2.75, 3.05) is 0 Å². The van der Waals surface area contributed by atoms with Crippen molar-refractivity contribution in [2.45, 2.75) is 0 Å². The molecule has 2 aromatic heterocycles. The van der Waals surface area contributed by atoms with Crippen molar-refractivity contribution < 1.29 is 4.42 Å². The van der Waals surface area contributed by atoms with Crippen molar-refractivity contribution in [1.82, 2.24) is 9.97 Å². The van der Waals surface area contributed by atoms with Crippen LogP contribution in [0, 0.1) is 0 Å². The van der Waals surface area contributed by atoms with Crippen molar-refractivity contribution in [1.29, 1.82) is 0 Å². The van der Waals surface area contributed by atoms with Crippen molar-refractivity contribution in [3.8, 4) is 45.0 Å². The number of benzene rings is 6. The molecular formula is C38H24N2O. The first-order valence-electron chi connectivity index (χ1n) is 13.7. The SMILES string of the molecule is c1ccc(-c2cc(-c3cc(-c4ccccc4)nc(-c4ccc5ccccc5c4)n3)c3c(c2)oc2ccccc23)cc1. The van der Waals surface area contributed by atoms with E-state index in [4.69, 9.17) is 14.4 Å². The number of nitrogens with zero attached hydrogens (tertiary/aromatic N) is 2. The molecule has 0 unspecified atom stereocenters. The van der Waals surface area contributed by atoms with Gasteiger partial charge in [-0.2, -0.15) is 0 Å². The van der Waals surface area contributed by atoms with Gasteiger partial charge in [-0.1, -0.05) is 115 Å². The van der Waals surface area contributed by atoms with Crippen LogP contribution in [-0.4, -0.2) is 9.97 Å². The molecule has 0 saturated carbocycles. The highest BCUT2D eigenvalue weighted by Crippen LogP contribution is 2.40. The Morgan fingerprint density at radius 1 is 0.415 bits per heavy atom. The van der Waals surface area contributed by atoms with Crippen LogP contribution in [0.4, 0.5) is 0 Å². The number of hydrogen-bond donors (Lipinski definition) is 0. The molecule has 0 bridgehead atoms. The maximum atomic E-state index is 6.41. The van der Waals surface area contributed by atoms with Crippen molar-refractivity contribution >= 4 is 32.7 Å². The van der Waals surface area contributed by atoms with Crippen molar-refractivity contribution in [2.24, 2.45) is 0 Å². The van der Waals surface area contributed by atoms with Crippen LogP contribution in [-0.2, 0) is 0 Å². The number of furan rings is 1. The van der Waals surface area contributed by atoms with Crippen LogP contribution in [0.3, 0.4) is 0 Å². The molecule has 0 amide bonds. The van der Waals surface area contributed by atoms with E-state index in [0.29, 0.717) is 5.82 Å². The second kappa shape index (κ2) is 9.58. The van der Waals surface area contributed by atoms with E-state index in [0.717, 1.165) is 66.5 Å². The Hall–Kier alpha value is -5.54. The van der Waals surface area contributed by atoms with Gasteiger partial charge in [0.25, 0.3) is 0 Å². The lowest BCUT2D eigenvalue weighted by molar-refractivity contribution is 0.669. The van der Waals surface area contributed by atoms with E-state index in [-0.39, 0.29) is 0 Å². The Labute approximate surface area is 237 Å². The van der Waals surface area contributed by atoms with Crippen LogP contribution in [0.25, 0.3) is 77.7 Å². The minimum atomic E-state index is 0.693. The number of para-hydroxylation sites is 1. The third-order valence-electron chi connectivity index (χ3n) is 7.66. The fourth-order valence-electron chi connectivity index (χ4n) is 5.65. The highest BCUT2D eigenvalue weighted by molar-refractivity contribution is 6.13. The molecule has 2 heterocycles. The zero-order valence-corrected chi connectivity index (χ0v) is 22.2. The molecule has 8 aromatic rings. The molecule has 0 aliphatic carbocycles. The Bertz CT molecular complexity index is 2200. The summed E-state index contributed by atoms with van der Waals surface area (Å²) in [6.07, 6.45) is 0. The van der Waals surface area contributed by atoms with Crippen molar-refractivity contribution in [3.05, 3.63) is 146 Å². The molecule has 0 atom stereocenters. The summed E-state index contributed by atoms with van der Waals surface area (Å²) in [5.74, 6) is 0.693. The molecule has 3 heteroatoms. The van der Waals surface area contributed by atoms with Gasteiger partial charge in [-0.25, -0.2) is 9.97 Å². The first kappa shape index (κ1) is 23.4. The van der Waals surface area contributed by atoms with Gasteiger partial charge in [0.15, 0.2) is 5.82 Å². The lowest BCUT2D eigenvalue weighted by Crippen LogP contribution is -1.96. The summed E-state index contributed by atoms with van der Waals surface area (Å²) < 4.78 is 6.41. The fraction of sp³-hybridized carbons (Fsp3) is 0. The molecule has 0 spiro atoms. The van der Waals surface area contributed by atoms with Crippen LogP contribution in [0.2, 0.25) is 0 Å². The van der Waals surface area contributed by atoms with Gasteiger partial charge in [-0.05, 0) is 52.2 Å². The summed E-state index contributed by atoms with van der Waals surface area (Å²) in [6.45, 7) is 0. The number of aromatic nitrogens is 2. The smallest absolute Gasteiger partial charge is 0.160 e. The molecule has 41 heavy (non-hydrogen) atoms. The molecule has 0 N–H and O–H groups in total. The third-order valence-corrected chi connectivity index (χ3v) is 7.66. The van der Waals surface area contributed by atoms with E-state index in [2.05, 4.69) is 109 Å². The van der Waals surface area contributed by atoms with Gasteiger partial charge in [0.05, 0.1) is 11.4 Å². The van der Waals surface area contributed by atoms with Crippen LogP contribution in [0.15, 0.2) is 150 Å². The molecule has 3 nitrogen and oxygen atoms in total. The molecule has 8 rings (SSSR count). The Morgan fingerprint density at radius 2 is 1.10 bits per heavy atom. The van der Waals surface area contributed by atoms with E-state index >= 15 is 0 Å². The van der Waals surface area contributed by atoms with Gasteiger partial charge < -0.3 is 4.42 Å². The minimum Gasteiger partial charge on any atom is -0.456 e. The highest BCUT2D eigenvalue weighted by atomic mass is 16.3. The van der Waals surface area contributed by atoms with Gasteiger partial charge in [-0.3, -0.25) is 0 Å². The summed E-state index contributed by atoms with van der Waals surface area (Å²) in [4.78, 5) is 10.3. The van der Waals surface area contributed by atoms with Crippen LogP contribution < -0.4 is 0 Å². The van der Waals surface area contributed by atoms with Gasteiger partial charge in [0, 0.05) is 27.5 Å². The van der Waals surface area contributed by atoms with E-state index in [9.17, 15) is 0 Å². The van der Waals surface area contributed by atoms with Crippen LogP contribution in [0.1, 0.15) is 0 Å². The molecule has 192 valence electrons. The monoisotopic (exact) mass is 524 g/mol. The predicted molar refractivity (Wildman–Crippen MR) is 169 cm³/mol. The summed E-state index contributed by atoms with van der Waals surface area (Å²) in [7, 11) is 0. The summed E-state index contributed by atoms with van der Waals surface area (Å²) in [6, 6.07) is 50.2. The average molecular weight is 525 g/mol.